The van der Waals surface area contributed by atoms with Gasteiger partial charge in [0.05, 0.1) is 16.0 Å². The fourth-order valence-electron chi connectivity index (χ4n) is 1.07. The fourth-order valence-corrected chi connectivity index (χ4v) is 2.22. The van der Waals surface area contributed by atoms with Crippen molar-refractivity contribution < 1.29 is 4.42 Å². The van der Waals surface area contributed by atoms with Crippen molar-refractivity contribution in [1.29, 1.82) is 0 Å². The summed E-state index contributed by atoms with van der Waals surface area (Å²) in [4.78, 5) is 4.10. The summed E-state index contributed by atoms with van der Waals surface area (Å²) in [5, 5.41) is 2.01. The van der Waals surface area contributed by atoms with E-state index in [2.05, 4.69) is 20.9 Å². The van der Waals surface area contributed by atoms with Crippen LogP contribution in [0.5, 0.6) is 0 Å². The van der Waals surface area contributed by atoms with Crippen molar-refractivity contribution in [2.24, 2.45) is 5.73 Å². The Bertz CT molecular complexity index is 435. The van der Waals surface area contributed by atoms with E-state index in [0.29, 0.717) is 5.89 Å². The minimum absolute atomic E-state index is 0.161. The molecule has 0 radical (unpaired) electrons. The first-order valence-corrected chi connectivity index (χ1v) is 5.80. The van der Waals surface area contributed by atoms with Gasteiger partial charge in [-0.1, -0.05) is 0 Å². The minimum atomic E-state index is -0.161. The summed E-state index contributed by atoms with van der Waals surface area (Å²) in [5.74, 6) is 1.33. The van der Waals surface area contributed by atoms with E-state index in [1.54, 1.807) is 17.5 Å². The molecular weight excluding hydrogens is 264 g/mol. The highest BCUT2D eigenvalue weighted by Crippen LogP contribution is 2.29. The molecule has 0 aromatic carbocycles. The van der Waals surface area contributed by atoms with E-state index in [4.69, 9.17) is 10.2 Å². The molecule has 0 amide bonds. The zero-order chi connectivity index (χ0) is 10.1. The lowest BCUT2D eigenvalue weighted by molar-refractivity contribution is 0.474. The minimum Gasteiger partial charge on any atom is -0.439 e. The second-order valence-corrected chi connectivity index (χ2v) is 5.28. The number of rotatable bonds is 2. The lowest BCUT2D eigenvalue weighted by atomic mass is 10.3. The monoisotopic (exact) mass is 272 g/mol. The van der Waals surface area contributed by atoms with Gasteiger partial charge in [-0.05, 0) is 28.9 Å². The smallest absolute Gasteiger partial charge is 0.211 e. The third-order valence-electron chi connectivity index (χ3n) is 1.77. The molecule has 2 aromatic heterocycles. The summed E-state index contributed by atoms with van der Waals surface area (Å²) in [6.45, 7) is 1.85. The Morgan fingerprint density at radius 3 is 2.93 bits per heavy atom. The van der Waals surface area contributed by atoms with Gasteiger partial charge in [0, 0.05) is 10.9 Å². The number of halogens is 1. The van der Waals surface area contributed by atoms with Gasteiger partial charge in [0.15, 0.2) is 5.76 Å². The molecule has 2 N–H and O–H groups in total. The van der Waals surface area contributed by atoms with Crippen LogP contribution in [0.1, 0.15) is 18.9 Å². The highest BCUT2D eigenvalue weighted by atomic mass is 79.9. The molecule has 5 heteroatoms. The maximum atomic E-state index is 5.65. The van der Waals surface area contributed by atoms with Gasteiger partial charge >= 0.3 is 0 Å². The summed E-state index contributed by atoms with van der Waals surface area (Å²) >= 11 is 5.01. The van der Waals surface area contributed by atoms with Gasteiger partial charge in [0.1, 0.15) is 0 Å². The van der Waals surface area contributed by atoms with Gasteiger partial charge in [-0.15, -0.1) is 11.3 Å². The zero-order valence-electron chi connectivity index (χ0n) is 7.53. The molecule has 2 heterocycles. The van der Waals surface area contributed by atoms with Crippen LogP contribution in [0.4, 0.5) is 0 Å². The van der Waals surface area contributed by atoms with Gasteiger partial charge in [0.25, 0.3) is 0 Å². The summed E-state index contributed by atoms with van der Waals surface area (Å²) in [6.07, 6.45) is 1.70. The third-order valence-corrected chi connectivity index (χ3v) is 3.27. The van der Waals surface area contributed by atoms with Gasteiger partial charge in [-0.3, -0.25) is 0 Å². The fraction of sp³-hybridized carbons (Fsp3) is 0.222. The average Bonchev–Trinajstić information content (AvgIpc) is 2.70. The van der Waals surface area contributed by atoms with Gasteiger partial charge < -0.3 is 10.2 Å². The topological polar surface area (TPSA) is 52.0 Å². The van der Waals surface area contributed by atoms with Crippen LogP contribution in [0, 0.1) is 0 Å². The first-order valence-electron chi connectivity index (χ1n) is 4.12. The van der Waals surface area contributed by atoms with Gasteiger partial charge in [-0.25, -0.2) is 4.98 Å². The number of aromatic nitrogens is 1. The molecule has 0 aliphatic carbocycles. The molecule has 0 bridgehead atoms. The maximum Gasteiger partial charge on any atom is 0.211 e. The summed E-state index contributed by atoms with van der Waals surface area (Å²) in [6, 6.07) is 1.83. The van der Waals surface area contributed by atoms with E-state index >= 15 is 0 Å². The van der Waals surface area contributed by atoms with Crippen molar-refractivity contribution in [1.82, 2.24) is 4.98 Å². The van der Waals surface area contributed by atoms with Gasteiger partial charge in [-0.2, -0.15) is 0 Å². The summed E-state index contributed by atoms with van der Waals surface area (Å²) in [7, 11) is 0. The molecule has 74 valence electrons. The predicted octanol–water partition coefficient (Wildman–Crippen LogP) is 3.19. The van der Waals surface area contributed by atoms with E-state index < -0.39 is 0 Å². The molecule has 0 aliphatic rings. The van der Waals surface area contributed by atoms with Crippen LogP contribution >= 0.6 is 27.3 Å². The number of nitrogens with zero attached hydrogens (tertiary/aromatic N) is 1. The van der Waals surface area contributed by atoms with Crippen molar-refractivity contribution in [3.8, 4) is 11.3 Å². The number of hydrogen-bond acceptors (Lipinski definition) is 4. The van der Waals surface area contributed by atoms with Crippen LogP contribution < -0.4 is 5.73 Å². The largest absolute Gasteiger partial charge is 0.439 e. The number of hydrogen-bond donors (Lipinski definition) is 1. The molecule has 0 aliphatic heterocycles. The van der Waals surface area contributed by atoms with Crippen LogP contribution in [0.3, 0.4) is 0 Å². The molecule has 1 unspecified atom stereocenters. The lowest BCUT2D eigenvalue weighted by Gasteiger charge is -1.96. The second-order valence-electron chi connectivity index (χ2n) is 2.99. The molecule has 0 saturated carbocycles. The molecule has 14 heavy (non-hydrogen) atoms. The van der Waals surface area contributed by atoms with Crippen LogP contribution in [-0.2, 0) is 0 Å². The third kappa shape index (κ3) is 1.89. The molecule has 1 atom stereocenters. The van der Waals surface area contributed by atoms with Crippen LogP contribution in [-0.4, -0.2) is 4.98 Å². The number of oxazole rings is 1. The Morgan fingerprint density at radius 2 is 2.43 bits per heavy atom. The SMILES string of the molecule is CC(N)c1ncc(-c2csc(Br)c2)o1. The van der Waals surface area contributed by atoms with Crippen molar-refractivity contribution in [3.63, 3.8) is 0 Å². The molecule has 2 rings (SSSR count). The van der Waals surface area contributed by atoms with Crippen LogP contribution in [0.25, 0.3) is 11.3 Å². The Kier molecular flexibility index (Phi) is 2.71. The van der Waals surface area contributed by atoms with E-state index in [0.717, 1.165) is 15.1 Å². The summed E-state index contributed by atoms with van der Waals surface area (Å²) < 4.78 is 6.57. The van der Waals surface area contributed by atoms with Crippen molar-refractivity contribution >= 4 is 27.3 Å². The number of thiophene rings is 1. The van der Waals surface area contributed by atoms with E-state index in [1.165, 1.54) is 0 Å². The first-order chi connectivity index (χ1) is 6.66. The van der Waals surface area contributed by atoms with Crippen LogP contribution in [0.2, 0.25) is 0 Å². The molecule has 2 aromatic rings. The molecule has 0 saturated heterocycles. The normalized spacial score (nSPS) is 13.1. The molecular formula is C9H9BrN2OS. The van der Waals surface area contributed by atoms with E-state index in [9.17, 15) is 0 Å². The second kappa shape index (κ2) is 3.84. The average molecular weight is 273 g/mol. The van der Waals surface area contributed by atoms with Crippen molar-refractivity contribution in [2.75, 3.05) is 0 Å². The zero-order valence-corrected chi connectivity index (χ0v) is 9.93. The van der Waals surface area contributed by atoms with Gasteiger partial charge in [0.2, 0.25) is 5.89 Å². The Labute approximate surface area is 94.1 Å². The number of nitrogens with two attached hydrogens (primary N) is 1. The Morgan fingerprint density at radius 1 is 1.64 bits per heavy atom. The molecule has 0 fully saturated rings. The van der Waals surface area contributed by atoms with Crippen molar-refractivity contribution in [2.45, 2.75) is 13.0 Å². The molecule has 3 nitrogen and oxygen atoms in total. The van der Waals surface area contributed by atoms with E-state index in [-0.39, 0.29) is 6.04 Å². The molecule has 0 spiro atoms. The quantitative estimate of drug-likeness (QED) is 0.914. The Balaban J connectivity index is 2.33. The van der Waals surface area contributed by atoms with Crippen LogP contribution in [0.15, 0.2) is 25.8 Å². The summed E-state index contributed by atoms with van der Waals surface area (Å²) in [5.41, 5.74) is 6.68. The standard InChI is InChI=1S/C9H9BrN2OS/c1-5(11)9-12-3-7(13-9)6-2-8(10)14-4-6/h2-5H,11H2,1H3. The van der Waals surface area contributed by atoms with E-state index in [1.807, 2.05) is 18.4 Å². The van der Waals surface area contributed by atoms with Crippen molar-refractivity contribution in [3.05, 3.63) is 27.3 Å². The highest BCUT2D eigenvalue weighted by molar-refractivity contribution is 9.11. The maximum absolute atomic E-state index is 5.65. The lowest BCUT2D eigenvalue weighted by Crippen LogP contribution is -2.04. The predicted molar refractivity (Wildman–Crippen MR) is 60.1 cm³/mol. The first kappa shape index (κ1) is 9.89. The highest BCUT2D eigenvalue weighted by Gasteiger charge is 2.10. The Hall–Kier alpha value is -0.650.